The van der Waals surface area contributed by atoms with Gasteiger partial charge in [0.25, 0.3) is 0 Å². The van der Waals surface area contributed by atoms with Gasteiger partial charge in [0.05, 0.1) is 12.8 Å². The van der Waals surface area contributed by atoms with Gasteiger partial charge in [0.15, 0.2) is 0 Å². The fourth-order valence-electron chi connectivity index (χ4n) is 3.40. The second-order valence-electron chi connectivity index (χ2n) is 6.23. The van der Waals surface area contributed by atoms with Crippen LogP contribution in [0.3, 0.4) is 0 Å². The van der Waals surface area contributed by atoms with Gasteiger partial charge < -0.3 is 4.74 Å². The standard InChI is InChI=1S/C19H26N2OS/c1-3-21(17-7-5-4-6-8-17)13-16-14-23-19(20-16)15-9-11-18(22-2)12-10-15/h9-12,14,17H,3-8,13H2,1-2H3. The van der Waals surface area contributed by atoms with Crippen molar-refractivity contribution in [2.75, 3.05) is 13.7 Å². The summed E-state index contributed by atoms with van der Waals surface area (Å²) in [6, 6.07) is 8.91. The summed E-state index contributed by atoms with van der Waals surface area (Å²) in [6.07, 6.45) is 6.88. The van der Waals surface area contributed by atoms with Crippen molar-refractivity contribution in [3.63, 3.8) is 0 Å². The molecule has 0 bridgehead atoms. The molecule has 2 aromatic rings. The van der Waals surface area contributed by atoms with E-state index in [0.29, 0.717) is 0 Å². The highest BCUT2D eigenvalue weighted by atomic mass is 32.1. The number of thiazole rings is 1. The first kappa shape index (κ1) is 16.5. The lowest BCUT2D eigenvalue weighted by molar-refractivity contribution is 0.154. The molecule has 1 aromatic carbocycles. The van der Waals surface area contributed by atoms with Crippen molar-refractivity contribution >= 4 is 11.3 Å². The molecule has 0 saturated heterocycles. The van der Waals surface area contributed by atoms with Gasteiger partial charge in [0.2, 0.25) is 0 Å². The number of aromatic nitrogens is 1. The summed E-state index contributed by atoms with van der Waals surface area (Å²) in [7, 11) is 1.70. The number of methoxy groups -OCH3 is 1. The Balaban J connectivity index is 1.67. The van der Waals surface area contributed by atoms with Gasteiger partial charge in [-0.25, -0.2) is 4.98 Å². The molecule has 0 N–H and O–H groups in total. The minimum Gasteiger partial charge on any atom is -0.497 e. The maximum atomic E-state index is 5.22. The van der Waals surface area contributed by atoms with Crippen molar-refractivity contribution in [2.24, 2.45) is 0 Å². The lowest BCUT2D eigenvalue weighted by Gasteiger charge is -2.33. The van der Waals surface area contributed by atoms with Gasteiger partial charge in [-0.1, -0.05) is 26.2 Å². The molecule has 1 heterocycles. The molecule has 1 aliphatic rings. The first-order chi connectivity index (χ1) is 11.3. The molecule has 1 fully saturated rings. The molecular weight excluding hydrogens is 304 g/mol. The van der Waals surface area contributed by atoms with Crippen molar-refractivity contribution in [3.05, 3.63) is 35.3 Å². The van der Waals surface area contributed by atoms with E-state index in [1.165, 1.54) is 43.4 Å². The predicted molar refractivity (Wildman–Crippen MR) is 97.1 cm³/mol. The first-order valence-corrected chi connectivity index (χ1v) is 9.51. The van der Waals surface area contributed by atoms with E-state index in [1.807, 2.05) is 12.1 Å². The zero-order chi connectivity index (χ0) is 16.1. The SMILES string of the molecule is CCN(Cc1csc(-c2ccc(OC)cc2)n1)C1CCCCC1. The third-order valence-electron chi connectivity index (χ3n) is 4.75. The summed E-state index contributed by atoms with van der Waals surface area (Å²) >= 11 is 1.74. The van der Waals surface area contributed by atoms with Gasteiger partial charge in [0, 0.05) is 23.5 Å². The second kappa shape index (κ2) is 7.93. The number of hydrogen-bond donors (Lipinski definition) is 0. The highest BCUT2D eigenvalue weighted by Gasteiger charge is 2.20. The van der Waals surface area contributed by atoms with Crippen LogP contribution in [0.4, 0.5) is 0 Å². The molecule has 124 valence electrons. The predicted octanol–water partition coefficient (Wildman–Crippen LogP) is 4.97. The van der Waals surface area contributed by atoms with Crippen LogP contribution in [0.1, 0.15) is 44.7 Å². The average molecular weight is 330 g/mol. The maximum Gasteiger partial charge on any atom is 0.123 e. The van der Waals surface area contributed by atoms with Crippen LogP contribution in [-0.4, -0.2) is 29.6 Å². The molecule has 0 unspecified atom stereocenters. The molecule has 1 aromatic heterocycles. The molecule has 0 radical (unpaired) electrons. The van der Waals surface area contributed by atoms with Crippen LogP contribution >= 0.6 is 11.3 Å². The zero-order valence-electron chi connectivity index (χ0n) is 14.1. The highest BCUT2D eigenvalue weighted by molar-refractivity contribution is 7.13. The summed E-state index contributed by atoms with van der Waals surface area (Å²) < 4.78 is 5.22. The van der Waals surface area contributed by atoms with E-state index in [2.05, 4.69) is 29.3 Å². The van der Waals surface area contributed by atoms with Gasteiger partial charge in [-0.2, -0.15) is 0 Å². The van der Waals surface area contributed by atoms with E-state index < -0.39 is 0 Å². The maximum absolute atomic E-state index is 5.22. The topological polar surface area (TPSA) is 25.4 Å². The van der Waals surface area contributed by atoms with E-state index >= 15 is 0 Å². The molecule has 1 aliphatic carbocycles. The van der Waals surface area contributed by atoms with Crippen LogP contribution in [0, 0.1) is 0 Å². The van der Waals surface area contributed by atoms with Gasteiger partial charge >= 0.3 is 0 Å². The molecule has 23 heavy (non-hydrogen) atoms. The smallest absolute Gasteiger partial charge is 0.123 e. The molecule has 3 nitrogen and oxygen atoms in total. The van der Waals surface area contributed by atoms with Crippen LogP contribution in [0.15, 0.2) is 29.6 Å². The number of hydrogen-bond acceptors (Lipinski definition) is 4. The Hall–Kier alpha value is -1.39. The quantitative estimate of drug-likeness (QED) is 0.747. The summed E-state index contributed by atoms with van der Waals surface area (Å²) in [5, 5.41) is 3.31. The molecule has 0 aliphatic heterocycles. The Morgan fingerprint density at radius 2 is 1.91 bits per heavy atom. The van der Waals surface area contributed by atoms with Crippen LogP contribution in [0.2, 0.25) is 0 Å². The van der Waals surface area contributed by atoms with Gasteiger partial charge in [-0.15, -0.1) is 11.3 Å². The first-order valence-electron chi connectivity index (χ1n) is 8.63. The summed E-state index contributed by atoms with van der Waals surface area (Å²) in [4.78, 5) is 7.46. The van der Waals surface area contributed by atoms with Crippen molar-refractivity contribution in [1.82, 2.24) is 9.88 Å². The molecule has 0 spiro atoms. The summed E-state index contributed by atoms with van der Waals surface area (Å²) in [6.45, 7) is 4.36. The van der Waals surface area contributed by atoms with Crippen LogP contribution in [0.5, 0.6) is 5.75 Å². The second-order valence-corrected chi connectivity index (χ2v) is 7.09. The van der Waals surface area contributed by atoms with Gasteiger partial charge in [-0.3, -0.25) is 4.90 Å². The van der Waals surface area contributed by atoms with Crippen molar-refractivity contribution < 1.29 is 4.74 Å². The van der Waals surface area contributed by atoms with E-state index in [4.69, 9.17) is 9.72 Å². The molecule has 0 atom stereocenters. The monoisotopic (exact) mass is 330 g/mol. The van der Waals surface area contributed by atoms with Crippen molar-refractivity contribution in [2.45, 2.75) is 51.6 Å². The Morgan fingerprint density at radius 1 is 1.17 bits per heavy atom. The van der Waals surface area contributed by atoms with E-state index in [-0.39, 0.29) is 0 Å². The average Bonchev–Trinajstić information content (AvgIpc) is 3.09. The Morgan fingerprint density at radius 3 is 2.57 bits per heavy atom. The fraction of sp³-hybridized carbons (Fsp3) is 0.526. The van der Waals surface area contributed by atoms with E-state index in [9.17, 15) is 0 Å². The molecule has 0 amide bonds. The minimum absolute atomic E-state index is 0.750. The highest BCUT2D eigenvalue weighted by Crippen LogP contribution is 2.28. The van der Waals surface area contributed by atoms with E-state index in [1.54, 1.807) is 18.4 Å². The largest absolute Gasteiger partial charge is 0.497 e. The van der Waals surface area contributed by atoms with Crippen LogP contribution < -0.4 is 4.74 Å². The molecule has 4 heteroatoms. The number of ether oxygens (including phenoxy) is 1. The normalized spacial score (nSPS) is 16.0. The third kappa shape index (κ3) is 4.12. The van der Waals surface area contributed by atoms with Crippen LogP contribution in [0.25, 0.3) is 10.6 Å². The van der Waals surface area contributed by atoms with Crippen LogP contribution in [-0.2, 0) is 6.54 Å². The number of rotatable bonds is 6. The Bertz CT molecular complexity index is 602. The van der Waals surface area contributed by atoms with Gasteiger partial charge in [-0.05, 0) is 43.7 Å². The summed E-state index contributed by atoms with van der Waals surface area (Å²) in [5.41, 5.74) is 2.37. The number of benzene rings is 1. The Labute approximate surface area is 143 Å². The minimum atomic E-state index is 0.750. The summed E-state index contributed by atoms with van der Waals surface area (Å²) in [5.74, 6) is 0.889. The van der Waals surface area contributed by atoms with Crippen molar-refractivity contribution in [3.8, 4) is 16.3 Å². The Kier molecular flexibility index (Phi) is 5.68. The lowest BCUT2D eigenvalue weighted by Crippen LogP contribution is -2.36. The lowest BCUT2D eigenvalue weighted by atomic mass is 9.94. The molecule has 3 rings (SSSR count). The van der Waals surface area contributed by atoms with E-state index in [0.717, 1.165) is 29.9 Å². The number of nitrogens with zero attached hydrogens (tertiary/aromatic N) is 2. The molecular formula is C19H26N2OS. The third-order valence-corrected chi connectivity index (χ3v) is 5.69. The zero-order valence-corrected chi connectivity index (χ0v) is 14.9. The van der Waals surface area contributed by atoms with Crippen molar-refractivity contribution in [1.29, 1.82) is 0 Å². The molecule has 1 saturated carbocycles. The van der Waals surface area contributed by atoms with Gasteiger partial charge in [0.1, 0.15) is 10.8 Å². The fourth-order valence-corrected chi connectivity index (χ4v) is 4.22.